The minimum absolute atomic E-state index is 0.0874. The van der Waals surface area contributed by atoms with E-state index in [4.69, 9.17) is 4.42 Å². The molecule has 4 nitrogen and oxygen atoms in total. The van der Waals surface area contributed by atoms with Crippen LogP contribution < -0.4 is 5.32 Å². The number of benzene rings is 1. The number of aliphatic hydroxyl groups is 1. The minimum Gasteiger partial charge on any atom is -0.467 e. The number of aryl methyl sites for hydroxylation is 1. The molecule has 0 fully saturated rings. The zero-order chi connectivity index (χ0) is 14.4. The Balaban J connectivity index is 1.73. The van der Waals surface area contributed by atoms with Crippen molar-refractivity contribution in [2.24, 2.45) is 0 Å². The average molecular weight is 338 g/mol. The van der Waals surface area contributed by atoms with E-state index in [1.807, 2.05) is 24.3 Å². The molecule has 2 N–H and O–H groups in total. The highest BCUT2D eigenvalue weighted by Crippen LogP contribution is 2.13. The van der Waals surface area contributed by atoms with Crippen LogP contribution in [0.3, 0.4) is 0 Å². The molecule has 0 spiro atoms. The molecule has 2 aromatic rings. The van der Waals surface area contributed by atoms with Crippen LogP contribution in [0, 0.1) is 0 Å². The van der Waals surface area contributed by atoms with Gasteiger partial charge in [-0.05, 0) is 36.2 Å². The Morgan fingerprint density at radius 3 is 2.90 bits per heavy atom. The number of rotatable bonds is 6. The van der Waals surface area contributed by atoms with Crippen LogP contribution in [0.2, 0.25) is 0 Å². The summed E-state index contributed by atoms with van der Waals surface area (Å²) in [6.07, 6.45) is 1.75. The molecule has 0 saturated carbocycles. The maximum Gasteiger partial charge on any atom is 0.220 e. The fourth-order valence-electron chi connectivity index (χ4n) is 1.83. The van der Waals surface area contributed by atoms with Gasteiger partial charge in [0.05, 0.1) is 12.8 Å². The van der Waals surface area contributed by atoms with Crippen molar-refractivity contribution in [1.29, 1.82) is 0 Å². The molecule has 5 heteroatoms. The van der Waals surface area contributed by atoms with Gasteiger partial charge in [-0.2, -0.15) is 0 Å². The normalized spacial score (nSPS) is 12.1. The topological polar surface area (TPSA) is 62.5 Å². The summed E-state index contributed by atoms with van der Waals surface area (Å²) in [5.41, 5.74) is 1.10. The van der Waals surface area contributed by atoms with Gasteiger partial charge in [0.15, 0.2) is 0 Å². The van der Waals surface area contributed by atoms with Gasteiger partial charge in [-0.1, -0.05) is 28.1 Å². The first-order chi connectivity index (χ1) is 9.65. The first kappa shape index (κ1) is 14.8. The lowest BCUT2D eigenvalue weighted by Crippen LogP contribution is -2.28. The van der Waals surface area contributed by atoms with Gasteiger partial charge in [0.1, 0.15) is 11.9 Å². The molecule has 1 aromatic heterocycles. The number of hydrogen-bond acceptors (Lipinski definition) is 3. The van der Waals surface area contributed by atoms with Crippen molar-refractivity contribution in [3.05, 3.63) is 58.5 Å². The van der Waals surface area contributed by atoms with Crippen molar-refractivity contribution in [1.82, 2.24) is 5.32 Å². The Labute approximate surface area is 125 Å². The van der Waals surface area contributed by atoms with E-state index in [1.165, 1.54) is 6.26 Å². The van der Waals surface area contributed by atoms with Crippen LogP contribution in [0.4, 0.5) is 0 Å². The van der Waals surface area contributed by atoms with Gasteiger partial charge in [0.25, 0.3) is 0 Å². The van der Waals surface area contributed by atoms with Crippen LogP contribution in [0.1, 0.15) is 23.8 Å². The number of hydrogen-bond donors (Lipinski definition) is 2. The summed E-state index contributed by atoms with van der Waals surface area (Å²) in [5.74, 6) is 0.368. The van der Waals surface area contributed by atoms with Crippen LogP contribution in [-0.2, 0) is 11.2 Å². The Kier molecular flexibility index (Phi) is 5.38. The van der Waals surface area contributed by atoms with Gasteiger partial charge < -0.3 is 14.8 Å². The molecule has 0 aliphatic rings. The van der Waals surface area contributed by atoms with E-state index < -0.39 is 6.10 Å². The molecule has 0 bridgehead atoms. The standard InChI is InChI=1S/C15H16BrNO3/c16-12-4-1-3-11(9-12)6-7-15(19)17-10-13(18)14-5-2-8-20-14/h1-5,8-9,13,18H,6-7,10H2,(H,17,19). The number of carbonyl (C=O) groups is 1. The number of amides is 1. The van der Waals surface area contributed by atoms with Gasteiger partial charge in [0.2, 0.25) is 5.91 Å². The summed E-state index contributed by atoms with van der Waals surface area (Å²) in [4.78, 5) is 11.7. The van der Waals surface area contributed by atoms with E-state index in [2.05, 4.69) is 21.2 Å². The highest BCUT2D eigenvalue weighted by atomic mass is 79.9. The summed E-state index contributed by atoms with van der Waals surface area (Å²) in [6, 6.07) is 11.2. The van der Waals surface area contributed by atoms with Crippen molar-refractivity contribution in [3.63, 3.8) is 0 Å². The third kappa shape index (κ3) is 4.51. The molecule has 0 radical (unpaired) electrons. The van der Waals surface area contributed by atoms with Crippen LogP contribution >= 0.6 is 15.9 Å². The largest absolute Gasteiger partial charge is 0.467 e. The first-order valence-electron chi connectivity index (χ1n) is 6.38. The van der Waals surface area contributed by atoms with Gasteiger partial charge >= 0.3 is 0 Å². The first-order valence-corrected chi connectivity index (χ1v) is 7.17. The highest BCUT2D eigenvalue weighted by molar-refractivity contribution is 9.10. The van der Waals surface area contributed by atoms with Crippen LogP contribution in [0.25, 0.3) is 0 Å². The Morgan fingerprint density at radius 2 is 2.20 bits per heavy atom. The second-order valence-electron chi connectivity index (χ2n) is 4.47. The fraction of sp³-hybridized carbons (Fsp3) is 0.267. The quantitative estimate of drug-likeness (QED) is 0.851. The third-order valence-corrected chi connectivity index (χ3v) is 3.39. The predicted molar refractivity (Wildman–Crippen MR) is 79.1 cm³/mol. The van der Waals surface area contributed by atoms with Gasteiger partial charge in [-0.3, -0.25) is 4.79 Å². The Morgan fingerprint density at radius 1 is 1.35 bits per heavy atom. The van der Waals surface area contributed by atoms with Crippen molar-refractivity contribution in [3.8, 4) is 0 Å². The van der Waals surface area contributed by atoms with Crippen LogP contribution in [-0.4, -0.2) is 17.6 Å². The van der Waals surface area contributed by atoms with Gasteiger partial charge in [-0.25, -0.2) is 0 Å². The summed E-state index contributed by atoms with van der Waals surface area (Å²) >= 11 is 3.40. The lowest BCUT2D eigenvalue weighted by atomic mass is 10.1. The molecule has 2 rings (SSSR count). The number of carbonyl (C=O) groups excluding carboxylic acids is 1. The van der Waals surface area contributed by atoms with E-state index in [0.717, 1.165) is 10.0 Å². The number of furan rings is 1. The molecule has 0 aliphatic heterocycles. The van der Waals surface area contributed by atoms with Crippen molar-refractivity contribution >= 4 is 21.8 Å². The maximum atomic E-state index is 11.7. The Hall–Kier alpha value is -1.59. The molecule has 0 saturated heterocycles. The zero-order valence-corrected chi connectivity index (χ0v) is 12.5. The lowest BCUT2D eigenvalue weighted by molar-refractivity contribution is -0.121. The van der Waals surface area contributed by atoms with E-state index in [9.17, 15) is 9.90 Å². The van der Waals surface area contributed by atoms with E-state index in [-0.39, 0.29) is 12.5 Å². The summed E-state index contributed by atoms with van der Waals surface area (Å²) in [7, 11) is 0. The molecule has 1 unspecified atom stereocenters. The smallest absolute Gasteiger partial charge is 0.220 e. The molecule has 1 aromatic carbocycles. The van der Waals surface area contributed by atoms with Crippen molar-refractivity contribution < 1.29 is 14.3 Å². The third-order valence-electron chi connectivity index (χ3n) is 2.89. The molecule has 20 heavy (non-hydrogen) atoms. The molecule has 106 valence electrons. The van der Waals surface area contributed by atoms with Gasteiger partial charge in [0, 0.05) is 10.9 Å². The van der Waals surface area contributed by atoms with Crippen molar-refractivity contribution in [2.75, 3.05) is 6.54 Å². The molecular formula is C15H16BrNO3. The zero-order valence-electron chi connectivity index (χ0n) is 10.9. The molecule has 1 amide bonds. The minimum atomic E-state index is -0.806. The second-order valence-corrected chi connectivity index (χ2v) is 5.38. The van der Waals surface area contributed by atoms with E-state index in [0.29, 0.717) is 18.6 Å². The van der Waals surface area contributed by atoms with E-state index in [1.54, 1.807) is 12.1 Å². The molecular weight excluding hydrogens is 322 g/mol. The summed E-state index contributed by atoms with van der Waals surface area (Å²) < 4.78 is 6.07. The average Bonchev–Trinajstić information content (AvgIpc) is 2.97. The monoisotopic (exact) mass is 337 g/mol. The SMILES string of the molecule is O=C(CCc1cccc(Br)c1)NCC(O)c1ccco1. The predicted octanol–water partition coefficient (Wildman–Crippen LogP) is 2.82. The van der Waals surface area contributed by atoms with Gasteiger partial charge in [-0.15, -0.1) is 0 Å². The van der Waals surface area contributed by atoms with Crippen LogP contribution in [0.5, 0.6) is 0 Å². The summed E-state index contributed by atoms with van der Waals surface area (Å²) in [6.45, 7) is 0.158. The highest BCUT2D eigenvalue weighted by Gasteiger charge is 2.11. The number of halogens is 1. The molecule has 1 atom stereocenters. The second kappa shape index (κ2) is 7.26. The number of nitrogens with one attached hydrogen (secondary N) is 1. The summed E-state index contributed by atoms with van der Waals surface area (Å²) in [5, 5.41) is 12.5. The van der Waals surface area contributed by atoms with E-state index >= 15 is 0 Å². The lowest BCUT2D eigenvalue weighted by Gasteiger charge is -2.09. The fourth-order valence-corrected chi connectivity index (χ4v) is 2.28. The number of aliphatic hydroxyl groups excluding tert-OH is 1. The maximum absolute atomic E-state index is 11.7. The van der Waals surface area contributed by atoms with Crippen molar-refractivity contribution in [2.45, 2.75) is 18.9 Å². The molecule has 1 heterocycles. The van der Waals surface area contributed by atoms with Crippen LogP contribution in [0.15, 0.2) is 51.6 Å². The Bertz CT molecular complexity index is 554. The molecule has 0 aliphatic carbocycles.